The Balaban J connectivity index is 2.24. The summed E-state index contributed by atoms with van der Waals surface area (Å²) in [4.78, 5) is 0. The van der Waals surface area contributed by atoms with Crippen LogP contribution in [0.25, 0.3) is 0 Å². The largest absolute Gasteiger partial charge is 0.363 e. The topological polar surface area (TPSA) is 66.2 Å². The second-order valence-corrected chi connectivity index (χ2v) is 2.51. The molecule has 0 aromatic heterocycles. The van der Waals surface area contributed by atoms with Gasteiger partial charge in [0, 0.05) is 0 Å². The van der Waals surface area contributed by atoms with Crippen molar-refractivity contribution in [1.82, 2.24) is 0 Å². The normalized spacial score (nSPS) is 38.8. The maximum absolute atomic E-state index is 7.32. The molecule has 2 N–H and O–H groups in total. The fourth-order valence-electron chi connectivity index (χ4n) is 1.26. The van der Waals surface area contributed by atoms with E-state index in [2.05, 4.69) is 0 Å². The van der Waals surface area contributed by atoms with Gasteiger partial charge in [0.2, 0.25) is 0 Å². The third-order valence-corrected chi connectivity index (χ3v) is 1.80. The zero-order chi connectivity index (χ0) is 7.14. The van der Waals surface area contributed by atoms with E-state index in [9.17, 15) is 0 Å². The number of ether oxygens (including phenoxy) is 2. The van der Waals surface area contributed by atoms with Gasteiger partial charge in [0.15, 0.2) is 0 Å². The molecule has 2 rings (SSSR count). The highest BCUT2D eigenvalue weighted by molar-refractivity contribution is 6.01. The summed E-state index contributed by atoms with van der Waals surface area (Å²) in [6.45, 7) is 0.662. The molecule has 0 aromatic rings. The third-order valence-electron chi connectivity index (χ3n) is 1.80. The van der Waals surface area contributed by atoms with Crippen LogP contribution >= 0.6 is 0 Å². The summed E-state index contributed by atoms with van der Waals surface area (Å²) in [5, 5.41) is 14.6. The predicted molar refractivity (Wildman–Crippen MR) is 34.9 cm³/mol. The molecular weight excluding hydrogens is 132 g/mol. The van der Waals surface area contributed by atoms with E-state index in [1.165, 1.54) is 0 Å². The van der Waals surface area contributed by atoms with Crippen molar-refractivity contribution >= 4 is 11.4 Å². The predicted octanol–water partition coefficient (Wildman–Crippen LogP) is -0.176. The minimum atomic E-state index is -0.243. The number of fused-ring (bicyclic) bond motifs is 1. The Labute approximate surface area is 58.2 Å². The van der Waals surface area contributed by atoms with Crippen LogP contribution in [0.2, 0.25) is 0 Å². The van der Waals surface area contributed by atoms with Crippen LogP contribution in [0.15, 0.2) is 0 Å². The maximum atomic E-state index is 7.32. The lowest BCUT2D eigenvalue weighted by Crippen LogP contribution is -2.25. The summed E-state index contributed by atoms with van der Waals surface area (Å²) in [6.07, 6.45) is -0.486. The van der Waals surface area contributed by atoms with Gasteiger partial charge in [0.1, 0.15) is 12.2 Å². The van der Waals surface area contributed by atoms with Crippen molar-refractivity contribution in [2.24, 2.45) is 0 Å². The molecule has 0 bridgehead atoms. The van der Waals surface area contributed by atoms with E-state index in [-0.39, 0.29) is 12.2 Å². The van der Waals surface area contributed by atoms with E-state index >= 15 is 0 Å². The van der Waals surface area contributed by atoms with E-state index in [0.29, 0.717) is 24.6 Å². The Hall–Kier alpha value is -0.740. The van der Waals surface area contributed by atoms with E-state index in [1.54, 1.807) is 0 Å². The molecule has 2 unspecified atom stereocenters. The second kappa shape index (κ2) is 1.87. The summed E-state index contributed by atoms with van der Waals surface area (Å²) in [7, 11) is 0. The standard InChI is InChI=1S/C6H8N2O2/c7-3-1-9-6-4(8)2-10-5(3)6/h5-8H,1-2H2. The summed E-state index contributed by atoms with van der Waals surface area (Å²) >= 11 is 0. The Bertz CT molecular complexity index is 180. The molecule has 2 aliphatic heterocycles. The van der Waals surface area contributed by atoms with Crippen molar-refractivity contribution in [2.75, 3.05) is 13.2 Å². The van der Waals surface area contributed by atoms with Gasteiger partial charge in [-0.25, -0.2) is 0 Å². The minimum absolute atomic E-state index is 0.243. The molecule has 2 saturated heterocycles. The number of hydrogen-bond acceptors (Lipinski definition) is 4. The highest BCUT2D eigenvalue weighted by atomic mass is 16.6. The molecule has 4 nitrogen and oxygen atoms in total. The van der Waals surface area contributed by atoms with Gasteiger partial charge in [-0.1, -0.05) is 0 Å². The monoisotopic (exact) mass is 140 g/mol. The SMILES string of the molecule is N=C1COC2C(=N)COC12. The summed E-state index contributed by atoms with van der Waals surface area (Å²) in [6, 6.07) is 0. The first-order chi connectivity index (χ1) is 4.79. The molecule has 0 aromatic carbocycles. The zero-order valence-electron chi connectivity index (χ0n) is 5.39. The van der Waals surface area contributed by atoms with Gasteiger partial charge in [0.25, 0.3) is 0 Å². The Morgan fingerprint density at radius 2 is 1.40 bits per heavy atom. The lowest BCUT2D eigenvalue weighted by molar-refractivity contribution is 0.0874. The fourth-order valence-corrected chi connectivity index (χ4v) is 1.26. The van der Waals surface area contributed by atoms with Crippen LogP contribution < -0.4 is 0 Å². The van der Waals surface area contributed by atoms with Crippen LogP contribution in [0.3, 0.4) is 0 Å². The van der Waals surface area contributed by atoms with E-state index in [0.717, 1.165) is 0 Å². The third kappa shape index (κ3) is 0.629. The molecule has 0 saturated carbocycles. The smallest absolute Gasteiger partial charge is 0.129 e. The van der Waals surface area contributed by atoms with Crippen molar-refractivity contribution in [2.45, 2.75) is 12.2 Å². The lowest BCUT2D eigenvalue weighted by Gasteiger charge is -2.03. The number of nitrogens with one attached hydrogen (secondary N) is 2. The van der Waals surface area contributed by atoms with Crippen LogP contribution in [0.1, 0.15) is 0 Å². The molecule has 2 aliphatic rings. The molecule has 4 heteroatoms. The molecule has 0 radical (unpaired) electrons. The van der Waals surface area contributed by atoms with Gasteiger partial charge in [-0.15, -0.1) is 0 Å². The van der Waals surface area contributed by atoms with E-state index < -0.39 is 0 Å². The average Bonchev–Trinajstić information content (AvgIpc) is 2.41. The van der Waals surface area contributed by atoms with Crippen molar-refractivity contribution in [3.8, 4) is 0 Å². The van der Waals surface area contributed by atoms with Crippen LogP contribution in [0.5, 0.6) is 0 Å². The molecular formula is C6H8N2O2. The van der Waals surface area contributed by atoms with E-state index in [4.69, 9.17) is 20.3 Å². The Kier molecular flexibility index (Phi) is 1.12. The molecule has 2 fully saturated rings. The molecule has 0 amide bonds. The van der Waals surface area contributed by atoms with Gasteiger partial charge in [-0.2, -0.15) is 0 Å². The molecule has 2 atom stereocenters. The van der Waals surface area contributed by atoms with E-state index in [1.807, 2.05) is 0 Å². The number of rotatable bonds is 0. The summed E-state index contributed by atoms with van der Waals surface area (Å²) in [5.74, 6) is 0. The summed E-state index contributed by atoms with van der Waals surface area (Å²) in [5.41, 5.74) is 0.930. The van der Waals surface area contributed by atoms with Crippen molar-refractivity contribution in [1.29, 1.82) is 10.8 Å². The van der Waals surface area contributed by atoms with Gasteiger partial charge in [-0.3, -0.25) is 0 Å². The first-order valence-corrected chi connectivity index (χ1v) is 3.17. The van der Waals surface area contributed by atoms with Gasteiger partial charge < -0.3 is 20.3 Å². The average molecular weight is 140 g/mol. The van der Waals surface area contributed by atoms with Gasteiger partial charge in [0.05, 0.1) is 24.6 Å². The van der Waals surface area contributed by atoms with Crippen molar-refractivity contribution < 1.29 is 9.47 Å². The minimum Gasteiger partial charge on any atom is -0.363 e. The highest BCUT2D eigenvalue weighted by Crippen LogP contribution is 2.21. The molecule has 0 spiro atoms. The molecule has 54 valence electrons. The Morgan fingerprint density at radius 1 is 1.00 bits per heavy atom. The zero-order valence-corrected chi connectivity index (χ0v) is 5.39. The number of hydrogen-bond donors (Lipinski definition) is 2. The van der Waals surface area contributed by atoms with Crippen molar-refractivity contribution in [3.63, 3.8) is 0 Å². The summed E-state index contributed by atoms with van der Waals surface area (Å²) < 4.78 is 10.3. The maximum Gasteiger partial charge on any atom is 0.129 e. The molecule has 10 heavy (non-hydrogen) atoms. The van der Waals surface area contributed by atoms with Crippen LogP contribution in [-0.2, 0) is 9.47 Å². The molecule has 2 heterocycles. The fraction of sp³-hybridized carbons (Fsp3) is 0.667. The van der Waals surface area contributed by atoms with Gasteiger partial charge >= 0.3 is 0 Å². The molecule has 0 aliphatic carbocycles. The first-order valence-electron chi connectivity index (χ1n) is 3.17. The van der Waals surface area contributed by atoms with Crippen LogP contribution in [0, 0.1) is 10.8 Å². The first kappa shape index (κ1) is 6.00. The highest BCUT2D eigenvalue weighted by Gasteiger charge is 2.41. The van der Waals surface area contributed by atoms with Crippen LogP contribution in [0.4, 0.5) is 0 Å². The van der Waals surface area contributed by atoms with Crippen molar-refractivity contribution in [3.05, 3.63) is 0 Å². The lowest BCUT2D eigenvalue weighted by atomic mass is 10.1. The quantitative estimate of drug-likeness (QED) is 0.490. The van der Waals surface area contributed by atoms with Crippen LogP contribution in [-0.4, -0.2) is 36.8 Å². The van der Waals surface area contributed by atoms with Gasteiger partial charge in [-0.05, 0) is 0 Å². The second-order valence-electron chi connectivity index (χ2n) is 2.51. The Morgan fingerprint density at radius 3 is 1.80 bits per heavy atom.